The molecule has 1 rings (SSSR count). The van der Waals surface area contributed by atoms with E-state index in [1.54, 1.807) is 11.9 Å². The first-order valence-electron chi connectivity index (χ1n) is 8.66. The number of hydrogen-bond acceptors (Lipinski definition) is 3. The lowest BCUT2D eigenvalue weighted by molar-refractivity contribution is 0.0292. The van der Waals surface area contributed by atoms with E-state index in [0.717, 1.165) is 17.7 Å². The zero-order valence-corrected chi connectivity index (χ0v) is 17.6. The van der Waals surface area contributed by atoms with E-state index in [9.17, 15) is 4.79 Å². The first-order chi connectivity index (χ1) is 11.5. The highest BCUT2D eigenvalue weighted by molar-refractivity contribution is 6.83. The second-order valence-electron chi connectivity index (χ2n) is 8.13. The van der Waals surface area contributed by atoms with E-state index >= 15 is 0 Å². The molecule has 0 bridgehead atoms. The molecular weight excluding hydrogens is 330 g/mol. The lowest BCUT2D eigenvalue weighted by Gasteiger charge is -2.24. The van der Waals surface area contributed by atoms with Gasteiger partial charge in [0.2, 0.25) is 0 Å². The quantitative estimate of drug-likeness (QED) is 0.439. The van der Waals surface area contributed by atoms with Crippen molar-refractivity contribution >= 4 is 14.2 Å². The van der Waals surface area contributed by atoms with Crippen molar-refractivity contribution in [3.8, 4) is 17.2 Å². The Bertz CT molecular complexity index is 616. The van der Waals surface area contributed by atoms with Crippen LogP contribution in [0.25, 0.3) is 0 Å². The first-order valence-corrected chi connectivity index (χ1v) is 12.2. The highest BCUT2D eigenvalue weighted by Gasteiger charge is 2.19. The molecule has 0 saturated carbocycles. The van der Waals surface area contributed by atoms with Gasteiger partial charge in [0.25, 0.3) is 0 Å². The van der Waals surface area contributed by atoms with E-state index in [2.05, 4.69) is 31.1 Å². The molecule has 0 aliphatic heterocycles. The van der Waals surface area contributed by atoms with Crippen LogP contribution in [0, 0.1) is 11.5 Å². The molecular formula is C20H31NO3Si. The smallest absolute Gasteiger partial charge is 0.410 e. The van der Waals surface area contributed by atoms with Gasteiger partial charge in [-0.25, -0.2) is 4.79 Å². The molecule has 0 radical (unpaired) electrons. The standard InChI is InChI=1S/C20H31NO3Si/c1-20(2,3)24-19(22)21(4)14-8-15-23-18-11-9-17(10-12-18)13-16-25(5,6)7/h9-12H,8,14-15H2,1-7H3. The summed E-state index contributed by atoms with van der Waals surface area (Å²) in [6, 6.07) is 7.84. The lowest BCUT2D eigenvalue weighted by atomic mass is 10.2. The molecule has 1 aromatic carbocycles. The van der Waals surface area contributed by atoms with Gasteiger partial charge in [-0.2, -0.15) is 0 Å². The second kappa shape index (κ2) is 8.96. The Kier molecular flexibility index (Phi) is 7.56. The average Bonchev–Trinajstić information content (AvgIpc) is 2.48. The van der Waals surface area contributed by atoms with Crippen LogP contribution >= 0.6 is 0 Å². The highest BCUT2D eigenvalue weighted by Crippen LogP contribution is 2.13. The molecule has 0 fully saturated rings. The van der Waals surface area contributed by atoms with Gasteiger partial charge < -0.3 is 14.4 Å². The van der Waals surface area contributed by atoms with Gasteiger partial charge in [0, 0.05) is 19.2 Å². The fourth-order valence-electron chi connectivity index (χ4n) is 1.82. The predicted molar refractivity (Wildman–Crippen MR) is 106 cm³/mol. The normalized spacial score (nSPS) is 11.3. The number of carbonyl (C=O) groups is 1. The summed E-state index contributed by atoms with van der Waals surface area (Å²) in [5, 5.41) is 0. The fraction of sp³-hybridized carbons (Fsp3) is 0.550. The van der Waals surface area contributed by atoms with Crippen LogP contribution in [0.3, 0.4) is 0 Å². The van der Waals surface area contributed by atoms with E-state index in [0.29, 0.717) is 13.2 Å². The highest BCUT2D eigenvalue weighted by atomic mass is 28.3. The number of carbonyl (C=O) groups excluding carboxylic acids is 1. The van der Waals surface area contributed by atoms with Crippen LogP contribution in [0.5, 0.6) is 5.75 Å². The van der Waals surface area contributed by atoms with Crippen molar-refractivity contribution in [1.82, 2.24) is 4.90 Å². The van der Waals surface area contributed by atoms with Crippen molar-refractivity contribution in [3.63, 3.8) is 0 Å². The van der Waals surface area contributed by atoms with Crippen molar-refractivity contribution in [3.05, 3.63) is 29.8 Å². The Hall–Kier alpha value is -1.93. The summed E-state index contributed by atoms with van der Waals surface area (Å²) in [5.41, 5.74) is 3.89. The minimum absolute atomic E-state index is 0.308. The van der Waals surface area contributed by atoms with Crippen LogP contribution in [0.1, 0.15) is 32.8 Å². The molecule has 0 spiro atoms. The van der Waals surface area contributed by atoms with Gasteiger partial charge in [-0.15, -0.1) is 5.54 Å². The molecule has 0 aliphatic rings. The predicted octanol–water partition coefficient (Wildman–Crippen LogP) is 4.55. The summed E-state index contributed by atoms with van der Waals surface area (Å²) in [5.74, 6) is 4.04. The lowest BCUT2D eigenvalue weighted by Crippen LogP contribution is -2.35. The van der Waals surface area contributed by atoms with Gasteiger partial charge in [-0.1, -0.05) is 25.6 Å². The second-order valence-corrected chi connectivity index (χ2v) is 12.9. The molecule has 0 heterocycles. The van der Waals surface area contributed by atoms with Crippen LogP contribution in [-0.4, -0.2) is 44.9 Å². The number of rotatable bonds is 5. The van der Waals surface area contributed by atoms with E-state index < -0.39 is 13.7 Å². The monoisotopic (exact) mass is 361 g/mol. The summed E-state index contributed by atoms with van der Waals surface area (Å²) >= 11 is 0. The molecule has 1 aromatic rings. The summed E-state index contributed by atoms with van der Waals surface area (Å²) in [6.45, 7) is 13.4. The van der Waals surface area contributed by atoms with Gasteiger partial charge >= 0.3 is 6.09 Å². The SMILES string of the molecule is CN(CCCOc1ccc(C#C[Si](C)(C)C)cc1)C(=O)OC(C)(C)C. The van der Waals surface area contributed by atoms with E-state index in [1.165, 1.54) is 0 Å². The maximum atomic E-state index is 11.8. The molecule has 0 saturated heterocycles. The largest absolute Gasteiger partial charge is 0.494 e. The molecule has 25 heavy (non-hydrogen) atoms. The third-order valence-corrected chi connectivity index (χ3v) is 3.92. The summed E-state index contributed by atoms with van der Waals surface area (Å²) in [7, 11) is 0.387. The van der Waals surface area contributed by atoms with Crippen molar-refractivity contribution in [2.45, 2.75) is 52.4 Å². The molecule has 5 heteroatoms. The van der Waals surface area contributed by atoms with E-state index in [1.807, 2.05) is 45.0 Å². The fourth-order valence-corrected chi connectivity index (χ4v) is 2.34. The third kappa shape index (κ3) is 9.83. The zero-order chi connectivity index (χ0) is 19.1. The van der Waals surface area contributed by atoms with E-state index in [-0.39, 0.29) is 6.09 Å². The third-order valence-electron chi connectivity index (χ3n) is 3.05. The average molecular weight is 362 g/mol. The Morgan fingerprint density at radius 2 is 1.76 bits per heavy atom. The molecule has 1 amide bonds. The van der Waals surface area contributed by atoms with Gasteiger partial charge in [0.05, 0.1) is 6.61 Å². The summed E-state index contributed by atoms with van der Waals surface area (Å²) in [6.07, 6.45) is 0.435. The topological polar surface area (TPSA) is 38.8 Å². The molecule has 0 atom stereocenters. The van der Waals surface area contributed by atoms with Crippen molar-refractivity contribution in [2.75, 3.05) is 20.2 Å². The summed E-state index contributed by atoms with van der Waals surface area (Å²) in [4.78, 5) is 13.4. The van der Waals surface area contributed by atoms with Gasteiger partial charge in [0.1, 0.15) is 19.4 Å². The first kappa shape index (κ1) is 21.1. The number of hydrogen-bond donors (Lipinski definition) is 0. The minimum atomic E-state index is -1.35. The minimum Gasteiger partial charge on any atom is -0.494 e. The van der Waals surface area contributed by atoms with Crippen LogP contribution < -0.4 is 4.74 Å². The summed E-state index contributed by atoms with van der Waals surface area (Å²) < 4.78 is 11.0. The molecule has 0 aliphatic carbocycles. The van der Waals surface area contributed by atoms with Crippen molar-refractivity contribution < 1.29 is 14.3 Å². The van der Waals surface area contributed by atoms with Gasteiger partial charge in [-0.05, 0) is 51.5 Å². The molecule has 0 aromatic heterocycles. The Balaban J connectivity index is 2.37. The van der Waals surface area contributed by atoms with Gasteiger partial charge in [-0.3, -0.25) is 0 Å². The van der Waals surface area contributed by atoms with Crippen LogP contribution in [-0.2, 0) is 4.74 Å². The number of amides is 1. The Morgan fingerprint density at radius 3 is 2.28 bits per heavy atom. The van der Waals surface area contributed by atoms with Crippen LogP contribution in [0.2, 0.25) is 19.6 Å². The molecule has 0 N–H and O–H groups in total. The van der Waals surface area contributed by atoms with Crippen LogP contribution in [0.15, 0.2) is 24.3 Å². The molecule has 4 nitrogen and oxygen atoms in total. The number of nitrogens with zero attached hydrogens (tertiary/aromatic N) is 1. The maximum absolute atomic E-state index is 11.8. The Labute approximate surface area is 153 Å². The maximum Gasteiger partial charge on any atom is 0.410 e. The van der Waals surface area contributed by atoms with E-state index in [4.69, 9.17) is 9.47 Å². The Morgan fingerprint density at radius 1 is 1.16 bits per heavy atom. The van der Waals surface area contributed by atoms with Crippen molar-refractivity contribution in [2.24, 2.45) is 0 Å². The zero-order valence-electron chi connectivity index (χ0n) is 16.6. The molecule has 138 valence electrons. The molecule has 0 unspecified atom stereocenters. The number of benzene rings is 1. The number of ether oxygens (including phenoxy) is 2. The van der Waals surface area contributed by atoms with Gasteiger partial charge in [0.15, 0.2) is 0 Å². The van der Waals surface area contributed by atoms with Crippen molar-refractivity contribution in [1.29, 1.82) is 0 Å². The van der Waals surface area contributed by atoms with Crippen LogP contribution in [0.4, 0.5) is 4.79 Å².